The van der Waals surface area contributed by atoms with Gasteiger partial charge in [-0.05, 0) is 11.8 Å². The molecule has 0 aliphatic carbocycles. The molecule has 14 heavy (non-hydrogen) atoms. The van der Waals surface area contributed by atoms with Gasteiger partial charge in [-0.1, -0.05) is 79.1 Å². The predicted octanol–water partition coefficient (Wildman–Crippen LogP) is 5.23. The third-order valence-corrected chi connectivity index (χ3v) is 3.46. The van der Waals surface area contributed by atoms with Crippen LogP contribution in [0, 0.1) is 18.8 Å². The quantitative estimate of drug-likeness (QED) is 0.444. The summed E-state index contributed by atoms with van der Waals surface area (Å²) in [6, 6.07) is 0. The molecule has 0 nitrogen and oxygen atoms in total. The van der Waals surface area contributed by atoms with Crippen LogP contribution in [-0.2, 0) is 0 Å². The van der Waals surface area contributed by atoms with Gasteiger partial charge in [0.2, 0.25) is 0 Å². The van der Waals surface area contributed by atoms with E-state index in [0.717, 1.165) is 18.3 Å². The van der Waals surface area contributed by atoms with E-state index in [9.17, 15) is 0 Å². The lowest BCUT2D eigenvalue weighted by molar-refractivity contribution is 0.315. The third kappa shape index (κ3) is 6.45. The Hall–Kier alpha value is 0. The Morgan fingerprint density at radius 3 is 2.14 bits per heavy atom. The molecule has 0 aromatic heterocycles. The van der Waals surface area contributed by atoms with E-state index in [1.54, 1.807) is 0 Å². The Kier molecular flexibility index (Phi) is 9.55. The Bertz CT molecular complexity index is 107. The largest absolute Gasteiger partial charge is 0.0654 e. The summed E-state index contributed by atoms with van der Waals surface area (Å²) in [7, 11) is 0. The van der Waals surface area contributed by atoms with Crippen molar-refractivity contribution in [3.63, 3.8) is 0 Å². The van der Waals surface area contributed by atoms with E-state index in [0.29, 0.717) is 0 Å². The minimum absolute atomic E-state index is 0.825. The second-order valence-corrected chi connectivity index (χ2v) is 4.64. The van der Waals surface area contributed by atoms with Gasteiger partial charge in [-0.25, -0.2) is 0 Å². The van der Waals surface area contributed by atoms with Crippen LogP contribution in [-0.4, -0.2) is 0 Å². The van der Waals surface area contributed by atoms with E-state index in [2.05, 4.69) is 27.7 Å². The van der Waals surface area contributed by atoms with Gasteiger partial charge >= 0.3 is 0 Å². The Balaban J connectivity index is 3.42. The van der Waals surface area contributed by atoms with Crippen LogP contribution in [0.3, 0.4) is 0 Å². The molecule has 0 saturated heterocycles. The molecular weight excluding hydrogens is 168 g/mol. The van der Waals surface area contributed by atoms with Crippen LogP contribution in [0.25, 0.3) is 0 Å². The molecule has 2 atom stereocenters. The topological polar surface area (TPSA) is 0 Å². The zero-order chi connectivity index (χ0) is 10.8. The average Bonchev–Trinajstić information content (AvgIpc) is 2.22. The average molecular weight is 197 g/mol. The first-order valence-corrected chi connectivity index (χ1v) is 6.55. The van der Waals surface area contributed by atoms with Crippen molar-refractivity contribution in [1.82, 2.24) is 0 Å². The standard InChI is InChI=1S/C14H29/c1-5-8-9-10-11-12-14(7-3)13(4)6-2/h13-14H,2,5-12H2,1,3-4H3. The minimum Gasteiger partial charge on any atom is -0.0654 e. The summed E-state index contributed by atoms with van der Waals surface area (Å²) >= 11 is 0. The van der Waals surface area contributed by atoms with Crippen LogP contribution < -0.4 is 0 Å². The van der Waals surface area contributed by atoms with Crippen molar-refractivity contribution in [3.05, 3.63) is 6.92 Å². The highest BCUT2D eigenvalue weighted by molar-refractivity contribution is 4.66. The van der Waals surface area contributed by atoms with Gasteiger partial charge in [-0.15, -0.1) is 0 Å². The van der Waals surface area contributed by atoms with Crippen molar-refractivity contribution >= 4 is 0 Å². The van der Waals surface area contributed by atoms with Gasteiger partial charge in [-0.2, -0.15) is 0 Å². The van der Waals surface area contributed by atoms with E-state index in [4.69, 9.17) is 0 Å². The Labute approximate surface area is 91.5 Å². The van der Waals surface area contributed by atoms with Gasteiger partial charge in [0.25, 0.3) is 0 Å². The maximum absolute atomic E-state index is 4.01. The summed E-state index contributed by atoms with van der Waals surface area (Å²) in [6.45, 7) is 11.0. The second kappa shape index (κ2) is 9.55. The molecule has 0 spiro atoms. The van der Waals surface area contributed by atoms with Crippen LogP contribution in [0.15, 0.2) is 0 Å². The fourth-order valence-electron chi connectivity index (χ4n) is 2.14. The minimum atomic E-state index is 0.825. The Morgan fingerprint density at radius 2 is 1.64 bits per heavy atom. The molecule has 0 rings (SSSR count). The highest BCUT2D eigenvalue weighted by Crippen LogP contribution is 2.24. The predicted molar refractivity (Wildman–Crippen MR) is 66.3 cm³/mol. The van der Waals surface area contributed by atoms with Crippen molar-refractivity contribution in [2.45, 2.75) is 72.1 Å². The molecule has 0 aromatic rings. The van der Waals surface area contributed by atoms with Gasteiger partial charge in [-0.3, -0.25) is 0 Å². The summed E-state index contributed by atoms with van der Waals surface area (Å²) in [5, 5.41) is 0. The first-order chi connectivity index (χ1) is 6.76. The van der Waals surface area contributed by atoms with E-state index in [1.807, 2.05) is 0 Å². The molecule has 0 saturated carbocycles. The summed E-state index contributed by atoms with van der Waals surface area (Å²) in [6.07, 6.45) is 11.0. The molecule has 0 aliphatic heterocycles. The maximum Gasteiger partial charge on any atom is -0.0391 e. The zero-order valence-corrected chi connectivity index (χ0v) is 10.5. The molecule has 0 fully saturated rings. The highest BCUT2D eigenvalue weighted by Gasteiger charge is 2.12. The van der Waals surface area contributed by atoms with E-state index >= 15 is 0 Å². The molecule has 0 aliphatic rings. The smallest absolute Gasteiger partial charge is 0.0391 e. The number of rotatable bonds is 9. The van der Waals surface area contributed by atoms with Crippen molar-refractivity contribution < 1.29 is 0 Å². The number of hydrogen-bond acceptors (Lipinski definition) is 0. The molecule has 1 radical (unpaired) electrons. The van der Waals surface area contributed by atoms with Crippen LogP contribution >= 0.6 is 0 Å². The summed E-state index contributed by atoms with van der Waals surface area (Å²) < 4.78 is 0. The monoisotopic (exact) mass is 197 g/mol. The second-order valence-electron chi connectivity index (χ2n) is 4.64. The van der Waals surface area contributed by atoms with Gasteiger partial charge in [0.15, 0.2) is 0 Å². The first kappa shape index (κ1) is 14.0. The van der Waals surface area contributed by atoms with Crippen LogP contribution in [0.2, 0.25) is 0 Å². The summed E-state index contributed by atoms with van der Waals surface area (Å²) in [5.74, 6) is 1.75. The molecule has 0 amide bonds. The summed E-state index contributed by atoms with van der Waals surface area (Å²) in [5.41, 5.74) is 0. The molecule has 2 unspecified atom stereocenters. The molecule has 0 heterocycles. The van der Waals surface area contributed by atoms with Crippen LogP contribution in [0.4, 0.5) is 0 Å². The van der Waals surface area contributed by atoms with E-state index in [1.165, 1.54) is 44.9 Å². The van der Waals surface area contributed by atoms with E-state index < -0.39 is 0 Å². The van der Waals surface area contributed by atoms with Crippen molar-refractivity contribution in [1.29, 1.82) is 0 Å². The van der Waals surface area contributed by atoms with Crippen molar-refractivity contribution in [2.24, 2.45) is 11.8 Å². The van der Waals surface area contributed by atoms with Crippen molar-refractivity contribution in [3.8, 4) is 0 Å². The fraction of sp³-hybridized carbons (Fsp3) is 0.929. The molecule has 85 valence electrons. The lowest BCUT2D eigenvalue weighted by Gasteiger charge is -2.21. The SMILES string of the molecule is [CH2]CC(C)C(CC)CCCCCCC. The lowest BCUT2D eigenvalue weighted by Crippen LogP contribution is -2.09. The van der Waals surface area contributed by atoms with Crippen LogP contribution in [0.1, 0.15) is 72.1 Å². The number of unbranched alkanes of at least 4 members (excludes halogenated alkanes) is 4. The fourth-order valence-corrected chi connectivity index (χ4v) is 2.14. The van der Waals surface area contributed by atoms with Gasteiger partial charge < -0.3 is 0 Å². The molecule has 0 bridgehead atoms. The highest BCUT2D eigenvalue weighted by atomic mass is 14.2. The van der Waals surface area contributed by atoms with Crippen LogP contribution in [0.5, 0.6) is 0 Å². The summed E-state index contributed by atoms with van der Waals surface area (Å²) in [4.78, 5) is 0. The van der Waals surface area contributed by atoms with E-state index in [-0.39, 0.29) is 0 Å². The van der Waals surface area contributed by atoms with Gasteiger partial charge in [0.05, 0.1) is 0 Å². The normalized spacial score (nSPS) is 15.4. The molecule has 0 heteroatoms. The Morgan fingerprint density at radius 1 is 1.00 bits per heavy atom. The first-order valence-electron chi connectivity index (χ1n) is 6.55. The third-order valence-electron chi connectivity index (χ3n) is 3.46. The lowest BCUT2D eigenvalue weighted by atomic mass is 9.85. The van der Waals surface area contributed by atoms with Gasteiger partial charge in [0, 0.05) is 0 Å². The maximum atomic E-state index is 4.01. The van der Waals surface area contributed by atoms with Crippen molar-refractivity contribution in [2.75, 3.05) is 0 Å². The number of hydrogen-bond donors (Lipinski definition) is 0. The van der Waals surface area contributed by atoms with Gasteiger partial charge in [0.1, 0.15) is 0 Å². The molecular formula is C14H29. The zero-order valence-electron chi connectivity index (χ0n) is 10.5. The molecule has 0 aromatic carbocycles. The molecule has 0 N–H and O–H groups in total.